The molecule has 2 aliphatic heterocycles. The molecule has 0 unspecified atom stereocenters. The average molecular weight is 848 g/mol. The Labute approximate surface area is 337 Å². The first-order valence-corrected chi connectivity index (χ1v) is 20.3. The average Bonchev–Trinajstić information content (AvgIpc) is 3.66. The van der Waals surface area contributed by atoms with Crippen LogP contribution in [-0.2, 0) is 13.1 Å². The Morgan fingerprint density at radius 3 is 1.57 bits per heavy atom. The summed E-state index contributed by atoms with van der Waals surface area (Å²) in [5.74, 6) is 3.35. The van der Waals surface area contributed by atoms with E-state index in [0.717, 1.165) is 116 Å². The van der Waals surface area contributed by atoms with Gasteiger partial charge in [0, 0.05) is 24.3 Å². The van der Waals surface area contributed by atoms with Gasteiger partial charge in [0.05, 0.1) is 47.6 Å². The van der Waals surface area contributed by atoms with E-state index in [1.807, 2.05) is 24.3 Å². The van der Waals surface area contributed by atoms with Crippen molar-refractivity contribution in [3.8, 4) is 33.9 Å². The first kappa shape index (κ1) is 38.1. The van der Waals surface area contributed by atoms with Gasteiger partial charge in [0.15, 0.2) is 0 Å². The summed E-state index contributed by atoms with van der Waals surface area (Å²) in [4.78, 5) is 10.5. The number of aliphatic imine (C=N–C) groups is 1. The summed E-state index contributed by atoms with van der Waals surface area (Å²) in [6.07, 6.45) is 0. The summed E-state index contributed by atoms with van der Waals surface area (Å²) >= 11 is 8.21. The van der Waals surface area contributed by atoms with Gasteiger partial charge in [0.2, 0.25) is 5.82 Å². The number of hydrogen-bond donors (Lipinski definition) is 0. The molecule has 2 aliphatic rings. The SMILES string of the molecule is CCN(CC)Cc1ccc(C2=C(Br)C(c3ccc(OC)cc3)=[N+]3[B-]n4c(c(-c5ccc(CN(CC)CC)cc5)c(Br)c4-c4ccc(OC)cc4)N=C23)cc1. The number of hydrogen-bond acceptors (Lipinski definition) is 5. The van der Waals surface area contributed by atoms with Gasteiger partial charge in [-0.1, -0.05) is 76.2 Å². The molecule has 0 aliphatic carbocycles. The molecule has 5 aromatic rings. The number of ether oxygens (including phenoxy) is 2. The largest absolute Gasteiger partial charge is 0.497 e. The highest BCUT2D eigenvalue weighted by molar-refractivity contribution is 9.12. The summed E-state index contributed by atoms with van der Waals surface area (Å²) in [5.41, 5.74) is 11.0. The lowest BCUT2D eigenvalue weighted by atomic mass is 10.00. The molecule has 276 valence electrons. The van der Waals surface area contributed by atoms with Gasteiger partial charge in [-0.15, -0.1) is 0 Å². The highest BCUT2D eigenvalue weighted by Crippen LogP contribution is 2.48. The van der Waals surface area contributed by atoms with Crippen molar-refractivity contribution in [3.05, 3.63) is 128 Å². The molecule has 0 saturated heterocycles. The minimum Gasteiger partial charge on any atom is -0.497 e. The third kappa shape index (κ3) is 7.29. The third-order valence-corrected chi connectivity index (χ3v) is 12.0. The lowest BCUT2D eigenvalue weighted by Crippen LogP contribution is -2.35. The molecular formula is C44H46BBr2N5O2. The zero-order valence-electron chi connectivity index (χ0n) is 31.9. The number of amidine groups is 1. The quantitative estimate of drug-likeness (QED) is 0.105. The number of fused-ring (bicyclic) bond motifs is 2. The van der Waals surface area contributed by atoms with Crippen LogP contribution in [0.2, 0.25) is 0 Å². The van der Waals surface area contributed by atoms with Crippen LogP contribution in [0, 0.1) is 0 Å². The molecule has 7 nitrogen and oxygen atoms in total. The number of nitrogens with zero attached hydrogens (tertiary/aromatic N) is 5. The van der Waals surface area contributed by atoms with Crippen molar-refractivity contribution in [2.24, 2.45) is 4.99 Å². The number of halogens is 2. The Balaban J connectivity index is 1.42. The lowest BCUT2D eigenvalue weighted by Gasteiger charge is -2.28. The normalized spacial score (nSPS) is 13.9. The highest BCUT2D eigenvalue weighted by Gasteiger charge is 2.38. The Bertz CT molecular complexity index is 2220. The van der Waals surface area contributed by atoms with E-state index < -0.39 is 0 Å². The number of aromatic nitrogens is 1. The molecule has 0 saturated carbocycles. The molecule has 0 bridgehead atoms. The summed E-state index contributed by atoms with van der Waals surface area (Å²) in [7, 11) is 5.57. The third-order valence-electron chi connectivity index (χ3n) is 10.5. The zero-order valence-corrected chi connectivity index (χ0v) is 35.0. The maximum Gasteiger partial charge on any atom is 0.286 e. The van der Waals surface area contributed by atoms with Crippen LogP contribution >= 0.6 is 31.9 Å². The van der Waals surface area contributed by atoms with E-state index in [9.17, 15) is 0 Å². The predicted octanol–water partition coefficient (Wildman–Crippen LogP) is 10.0. The van der Waals surface area contributed by atoms with Gasteiger partial charge in [-0.25, -0.2) is 0 Å². The molecular weight excluding hydrogens is 801 g/mol. The van der Waals surface area contributed by atoms with Gasteiger partial charge in [-0.3, -0.25) is 9.80 Å². The molecule has 7 rings (SSSR count). The van der Waals surface area contributed by atoms with Crippen LogP contribution < -0.4 is 9.47 Å². The fourth-order valence-corrected chi connectivity index (χ4v) is 8.92. The van der Waals surface area contributed by atoms with E-state index in [2.05, 4.69) is 159 Å². The number of benzene rings is 4. The molecule has 54 heavy (non-hydrogen) atoms. The first-order valence-electron chi connectivity index (χ1n) is 18.7. The van der Waals surface area contributed by atoms with Crippen molar-refractivity contribution in [2.75, 3.05) is 40.4 Å². The summed E-state index contributed by atoms with van der Waals surface area (Å²) in [5, 5.41) is 0. The Kier molecular flexibility index (Phi) is 11.7. The van der Waals surface area contributed by atoms with Crippen molar-refractivity contribution >= 4 is 62.3 Å². The van der Waals surface area contributed by atoms with E-state index in [0.29, 0.717) is 0 Å². The van der Waals surface area contributed by atoms with Gasteiger partial charge in [-0.2, -0.15) is 0 Å². The van der Waals surface area contributed by atoms with Crippen LogP contribution in [0.15, 0.2) is 111 Å². The topological polar surface area (TPSA) is 45.2 Å². The Morgan fingerprint density at radius 1 is 0.630 bits per heavy atom. The number of rotatable bonds is 14. The zero-order chi connectivity index (χ0) is 37.9. The van der Waals surface area contributed by atoms with Crippen molar-refractivity contribution in [2.45, 2.75) is 40.8 Å². The lowest BCUT2D eigenvalue weighted by molar-refractivity contribution is -0.236. The fourth-order valence-electron chi connectivity index (χ4n) is 7.26. The second-order valence-electron chi connectivity index (χ2n) is 13.5. The Morgan fingerprint density at radius 2 is 1.09 bits per heavy atom. The molecule has 1 aromatic heterocycles. The molecule has 3 heterocycles. The van der Waals surface area contributed by atoms with Crippen LogP contribution in [0.25, 0.3) is 28.0 Å². The van der Waals surface area contributed by atoms with Gasteiger partial charge < -0.3 is 18.4 Å². The molecule has 0 atom stereocenters. The molecule has 2 radical (unpaired) electrons. The van der Waals surface area contributed by atoms with Crippen molar-refractivity contribution in [1.82, 2.24) is 14.3 Å². The molecule has 10 heteroatoms. The predicted molar refractivity (Wildman–Crippen MR) is 231 cm³/mol. The molecule has 0 N–H and O–H groups in total. The van der Waals surface area contributed by atoms with E-state index >= 15 is 0 Å². The van der Waals surface area contributed by atoms with Crippen LogP contribution in [0.3, 0.4) is 0 Å². The van der Waals surface area contributed by atoms with E-state index in [1.165, 1.54) is 11.1 Å². The smallest absolute Gasteiger partial charge is 0.286 e. The second kappa shape index (κ2) is 16.7. The number of methoxy groups -OCH3 is 2. The first-order chi connectivity index (χ1) is 26.3. The van der Waals surface area contributed by atoms with Crippen molar-refractivity contribution < 1.29 is 14.0 Å². The van der Waals surface area contributed by atoms with Gasteiger partial charge in [0.1, 0.15) is 11.5 Å². The van der Waals surface area contributed by atoms with Gasteiger partial charge >= 0.3 is 0 Å². The highest BCUT2D eigenvalue weighted by atomic mass is 79.9. The van der Waals surface area contributed by atoms with Crippen molar-refractivity contribution in [1.29, 1.82) is 0 Å². The Hall–Kier alpha value is -4.22. The number of allylic oxidation sites excluding steroid dienone is 1. The molecule has 4 aromatic carbocycles. The monoisotopic (exact) mass is 845 g/mol. The summed E-state index contributed by atoms with van der Waals surface area (Å²) in [6.45, 7) is 14.8. The second-order valence-corrected chi connectivity index (χ2v) is 15.0. The summed E-state index contributed by atoms with van der Waals surface area (Å²) < 4.78 is 17.5. The minimum atomic E-state index is 0.809. The van der Waals surface area contributed by atoms with Crippen molar-refractivity contribution in [3.63, 3.8) is 0 Å². The van der Waals surface area contributed by atoms with E-state index in [1.54, 1.807) is 14.2 Å². The maximum absolute atomic E-state index is 5.61. The van der Waals surface area contributed by atoms with E-state index in [4.69, 9.17) is 14.5 Å². The fraction of sp³-hybridized carbons (Fsp3) is 0.273. The van der Waals surface area contributed by atoms with Crippen LogP contribution in [0.4, 0.5) is 5.82 Å². The molecule has 0 spiro atoms. The standard InChI is InChI=1S/C44H46BBr2N5O2/c1-7-49(8-2)27-29-11-15-31(16-12-29)37-39(46)41(33-19-23-35(53-5)24-20-33)51-43(37)48-44-38(32-17-13-30(14-18-32)28-50(9-3)10-4)40(47)42(52(44)45-51)34-21-25-36(54-6)26-22-34/h11-26H,7-10,27-28H2,1-6H3. The molecule has 0 fully saturated rings. The summed E-state index contributed by atoms with van der Waals surface area (Å²) in [6, 6.07) is 34.4. The van der Waals surface area contributed by atoms with Gasteiger partial charge in [0.25, 0.3) is 5.84 Å². The molecule has 0 amide bonds. The van der Waals surface area contributed by atoms with Crippen LogP contribution in [-0.4, -0.2) is 78.3 Å². The minimum absolute atomic E-state index is 0.809. The van der Waals surface area contributed by atoms with Crippen LogP contribution in [0.1, 0.15) is 49.9 Å². The van der Waals surface area contributed by atoms with E-state index in [-0.39, 0.29) is 0 Å². The van der Waals surface area contributed by atoms with Gasteiger partial charge in [-0.05, 0) is 139 Å². The maximum atomic E-state index is 5.61. The van der Waals surface area contributed by atoms with Crippen LogP contribution in [0.5, 0.6) is 11.5 Å².